The normalized spacial score (nSPS) is 9.83. The Morgan fingerprint density at radius 2 is 1.75 bits per heavy atom. The van der Waals surface area contributed by atoms with Gasteiger partial charge in [-0.05, 0) is 33.7 Å². The first kappa shape index (κ1) is 9.67. The molecule has 3 heteroatoms. The van der Waals surface area contributed by atoms with Gasteiger partial charge in [0.1, 0.15) is 0 Å². The van der Waals surface area contributed by atoms with Gasteiger partial charge in [-0.3, -0.25) is 4.79 Å². The van der Waals surface area contributed by atoms with E-state index in [4.69, 9.17) is 5.11 Å². The summed E-state index contributed by atoms with van der Waals surface area (Å²) in [6.45, 7) is 0.0540. The summed E-state index contributed by atoms with van der Waals surface area (Å²) in [5, 5.41) is 8.74. The predicted molar refractivity (Wildman–Crippen MR) is 55.1 cm³/mol. The van der Waals surface area contributed by atoms with Crippen LogP contribution in [0, 0.1) is 0 Å². The third-order valence-corrected chi connectivity index (χ3v) is 1.93. The second kappa shape index (κ2) is 4.57. The lowest BCUT2D eigenvalue weighted by molar-refractivity contribution is -0.108. The molecule has 0 saturated heterocycles. The van der Waals surface area contributed by atoms with E-state index in [0.29, 0.717) is 6.42 Å². The maximum absolute atomic E-state index is 10.7. The Morgan fingerprint density at radius 1 is 1.25 bits per heavy atom. The Bertz CT molecular complexity index is 266. The van der Waals surface area contributed by atoms with Crippen LogP contribution in [0.2, 0.25) is 0 Å². The highest BCUT2D eigenvalue weighted by molar-refractivity contribution is 14.1. The van der Waals surface area contributed by atoms with Gasteiger partial charge in [0.25, 0.3) is 0 Å². The van der Waals surface area contributed by atoms with Crippen molar-refractivity contribution in [3.63, 3.8) is 0 Å². The van der Waals surface area contributed by atoms with E-state index in [1.54, 1.807) is 22.6 Å². The smallest absolute Gasteiger partial charge is 0.196 e. The molecule has 0 amide bonds. The molecule has 1 rings (SSSR count). The zero-order valence-corrected chi connectivity index (χ0v) is 8.61. The highest BCUT2D eigenvalue weighted by Crippen LogP contribution is 2.06. The van der Waals surface area contributed by atoms with Crippen LogP contribution in [0.5, 0.6) is 0 Å². The van der Waals surface area contributed by atoms with Crippen LogP contribution in [0.15, 0.2) is 24.3 Å². The molecule has 0 heterocycles. The maximum atomic E-state index is 10.7. The predicted octanol–water partition coefficient (Wildman–Crippen LogP) is 1.68. The van der Waals surface area contributed by atoms with E-state index in [0.717, 1.165) is 11.1 Å². The monoisotopic (exact) mass is 276 g/mol. The third kappa shape index (κ3) is 2.91. The lowest BCUT2D eigenvalue weighted by Crippen LogP contribution is -1.92. The number of halogens is 1. The molecule has 0 radical (unpaired) electrons. The topological polar surface area (TPSA) is 37.3 Å². The summed E-state index contributed by atoms with van der Waals surface area (Å²) in [4.78, 5) is 10.7. The highest BCUT2D eigenvalue weighted by Gasteiger charge is 1.98. The molecule has 0 fully saturated rings. The summed E-state index contributed by atoms with van der Waals surface area (Å²) in [5.74, 6) is 0. The molecular formula is C9H9IO2. The summed E-state index contributed by atoms with van der Waals surface area (Å²) in [5.41, 5.74) is 1.87. The highest BCUT2D eigenvalue weighted by atomic mass is 127. The van der Waals surface area contributed by atoms with E-state index in [2.05, 4.69) is 0 Å². The van der Waals surface area contributed by atoms with Crippen molar-refractivity contribution in [2.24, 2.45) is 0 Å². The Kier molecular flexibility index (Phi) is 3.68. The minimum atomic E-state index is 0.0540. The standard InChI is InChI=1S/C9H9IO2/c10-9(12)5-7-1-3-8(6-11)4-2-7/h1-4,11H,5-6H2. The van der Waals surface area contributed by atoms with E-state index >= 15 is 0 Å². The average molecular weight is 276 g/mol. The summed E-state index contributed by atoms with van der Waals surface area (Å²) < 4.78 is 0.129. The number of carbonyl (C=O) groups excluding carboxylic acids is 1. The molecule has 0 saturated carbocycles. The van der Waals surface area contributed by atoms with Gasteiger partial charge in [-0.15, -0.1) is 0 Å². The lowest BCUT2D eigenvalue weighted by atomic mass is 10.1. The van der Waals surface area contributed by atoms with Gasteiger partial charge < -0.3 is 5.11 Å². The fourth-order valence-corrected chi connectivity index (χ4v) is 1.36. The molecule has 0 bridgehead atoms. The van der Waals surface area contributed by atoms with Crippen LogP contribution in [0.1, 0.15) is 11.1 Å². The first-order valence-electron chi connectivity index (χ1n) is 3.59. The minimum Gasteiger partial charge on any atom is -0.392 e. The fourth-order valence-electron chi connectivity index (χ4n) is 0.923. The van der Waals surface area contributed by atoms with Crippen molar-refractivity contribution in [1.29, 1.82) is 0 Å². The first-order chi connectivity index (χ1) is 5.72. The van der Waals surface area contributed by atoms with Crippen molar-refractivity contribution >= 4 is 26.4 Å². The van der Waals surface area contributed by atoms with Crippen molar-refractivity contribution in [2.75, 3.05) is 0 Å². The van der Waals surface area contributed by atoms with Crippen molar-refractivity contribution in [2.45, 2.75) is 13.0 Å². The molecule has 0 aliphatic carbocycles. The van der Waals surface area contributed by atoms with E-state index < -0.39 is 0 Å². The van der Waals surface area contributed by atoms with E-state index in [1.807, 2.05) is 24.3 Å². The van der Waals surface area contributed by atoms with E-state index in [1.165, 1.54) is 0 Å². The van der Waals surface area contributed by atoms with E-state index in [9.17, 15) is 4.79 Å². The first-order valence-corrected chi connectivity index (χ1v) is 4.67. The fraction of sp³-hybridized carbons (Fsp3) is 0.222. The van der Waals surface area contributed by atoms with Crippen molar-refractivity contribution in [3.05, 3.63) is 35.4 Å². The van der Waals surface area contributed by atoms with Crippen LogP contribution in [-0.2, 0) is 17.8 Å². The molecular weight excluding hydrogens is 267 g/mol. The van der Waals surface area contributed by atoms with Crippen molar-refractivity contribution < 1.29 is 9.90 Å². The van der Waals surface area contributed by atoms with Crippen LogP contribution >= 0.6 is 22.6 Å². The summed E-state index contributed by atoms with van der Waals surface area (Å²) in [6, 6.07) is 7.38. The van der Waals surface area contributed by atoms with Crippen LogP contribution in [0.3, 0.4) is 0 Å². The van der Waals surface area contributed by atoms with Crippen LogP contribution in [0.25, 0.3) is 0 Å². The number of benzene rings is 1. The van der Waals surface area contributed by atoms with Crippen molar-refractivity contribution in [3.8, 4) is 0 Å². The second-order valence-corrected chi connectivity index (χ2v) is 3.71. The van der Waals surface area contributed by atoms with Gasteiger partial charge >= 0.3 is 0 Å². The zero-order chi connectivity index (χ0) is 8.97. The van der Waals surface area contributed by atoms with Gasteiger partial charge in [-0.2, -0.15) is 0 Å². The third-order valence-electron chi connectivity index (χ3n) is 1.55. The van der Waals surface area contributed by atoms with Gasteiger partial charge in [-0.1, -0.05) is 24.3 Å². The van der Waals surface area contributed by atoms with Gasteiger partial charge in [-0.25, -0.2) is 0 Å². The van der Waals surface area contributed by atoms with Crippen LogP contribution in [0.4, 0.5) is 0 Å². The molecule has 0 aliphatic heterocycles. The second-order valence-electron chi connectivity index (χ2n) is 2.51. The molecule has 0 unspecified atom stereocenters. The average Bonchev–Trinajstić information content (AvgIpc) is 2.05. The van der Waals surface area contributed by atoms with Gasteiger partial charge in [0, 0.05) is 6.42 Å². The SMILES string of the molecule is O=C(I)Cc1ccc(CO)cc1. The molecule has 2 nitrogen and oxygen atoms in total. The van der Waals surface area contributed by atoms with Gasteiger partial charge in [0.05, 0.1) is 6.61 Å². The number of hydrogen-bond donors (Lipinski definition) is 1. The van der Waals surface area contributed by atoms with Gasteiger partial charge in [0.2, 0.25) is 0 Å². The molecule has 0 aromatic heterocycles. The minimum absolute atomic E-state index is 0.0540. The largest absolute Gasteiger partial charge is 0.392 e. The lowest BCUT2D eigenvalue weighted by Gasteiger charge is -1.98. The molecule has 1 aromatic rings. The molecule has 64 valence electrons. The number of aliphatic hydroxyl groups excluding tert-OH is 1. The number of aliphatic hydroxyl groups is 1. The van der Waals surface area contributed by atoms with Crippen LogP contribution in [-0.4, -0.2) is 8.90 Å². The summed E-state index contributed by atoms with van der Waals surface area (Å²) >= 11 is 1.78. The maximum Gasteiger partial charge on any atom is 0.196 e. The van der Waals surface area contributed by atoms with Gasteiger partial charge in [0.15, 0.2) is 3.79 Å². The quantitative estimate of drug-likeness (QED) is 0.673. The number of carbonyl (C=O) groups is 1. The Hall–Kier alpha value is -0.420. The summed E-state index contributed by atoms with van der Waals surface area (Å²) in [6.07, 6.45) is 0.465. The zero-order valence-electron chi connectivity index (χ0n) is 6.46. The Balaban J connectivity index is 2.71. The molecule has 1 N–H and O–H groups in total. The molecule has 1 aromatic carbocycles. The van der Waals surface area contributed by atoms with Crippen molar-refractivity contribution in [1.82, 2.24) is 0 Å². The Morgan fingerprint density at radius 3 is 2.17 bits per heavy atom. The molecule has 12 heavy (non-hydrogen) atoms. The molecule has 0 aliphatic rings. The molecule has 0 atom stereocenters. The van der Waals surface area contributed by atoms with E-state index in [-0.39, 0.29) is 10.4 Å². The van der Waals surface area contributed by atoms with Crippen LogP contribution < -0.4 is 0 Å². The summed E-state index contributed by atoms with van der Waals surface area (Å²) in [7, 11) is 0. The number of hydrogen-bond acceptors (Lipinski definition) is 2. The Labute approximate surface area is 84.7 Å². The number of rotatable bonds is 3. The molecule has 0 spiro atoms.